The van der Waals surface area contributed by atoms with Gasteiger partial charge in [0, 0.05) is 17.2 Å². The fourth-order valence-electron chi connectivity index (χ4n) is 2.03. The molecule has 1 aliphatic carbocycles. The molecule has 3 nitrogen and oxygen atoms in total. The van der Waals surface area contributed by atoms with Crippen LogP contribution in [0.15, 0.2) is 28.7 Å². The highest BCUT2D eigenvalue weighted by atomic mass is 79.9. The lowest BCUT2D eigenvalue weighted by Crippen LogP contribution is -2.45. The lowest BCUT2D eigenvalue weighted by Gasteiger charge is -2.36. The van der Waals surface area contributed by atoms with Crippen LogP contribution in [0.1, 0.15) is 19.3 Å². The van der Waals surface area contributed by atoms with Gasteiger partial charge >= 0.3 is 0 Å². The van der Waals surface area contributed by atoms with Gasteiger partial charge in [0.1, 0.15) is 5.41 Å². The van der Waals surface area contributed by atoms with Crippen LogP contribution in [0, 0.1) is 16.7 Å². The van der Waals surface area contributed by atoms with Crippen molar-refractivity contribution in [1.82, 2.24) is 0 Å². The monoisotopic (exact) mass is 292 g/mol. The molecule has 0 aromatic heterocycles. The predicted octanol–water partition coefficient (Wildman–Crippen LogP) is 3.11. The third-order valence-corrected chi connectivity index (χ3v) is 3.82. The first-order chi connectivity index (χ1) is 8.09. The Bertz CT molecular complexity index is 488. The summed E-state index contributed by atoms with van der Waals surface area (Å²) >= 11 is 3.38. The zero-order valence-corrected chi connectivity index (χ0v) is 11.2. The van der Waals surface area contributed by atoms with Gasteiger partial charge in [0.25, 0.3) is 0 Å². The van der Waals surface area contributed by atoms with Crippen LogP contribution >= 0.6 is 15.9 Å². The smallest absolute Gasteiger partial charge is 0.247 e. The minimum atomic E-state index is -0.781. The number of anilines is 1. The van der Waals surface area contributed by atoms with E-state index < -0.39 is 5.41 Å². The van der Waals surface area contributed by atoms with Crippen molar-refractivity contribution in [3.63, 3.8) is 0 Å². The first-order valence-electron chi connectivity index (χ1n) is 5.54. The van der Waals surface area contributed by atoms with Gasteiger partial charge < -0.3 is 4.90 Å². The van der Waals surface area contributed by atoms with E-state index in [-0.39, 0.29) is 5.91 Å². The Morgan fingerprint density at radius 1 is 1.53 bits per heavy atom. The molecule has 1 saturated carbocycles. The Hall–Kier alpha value is -1.34. The Labute approximate surface area is 109 Å². The summed E-state index contributed by atoms with van der Waals surface area (Å²) in [6.07, 6.45) is 2.33. The number of carbonyl (C=O) groups is 1. The molecule has 2 rings (SSSR count). The van der Waals surface area contributed by atoms with E-state index in [0.717, 1.165) is 16.6 Å². The third kappa shape index (κ3) is 2.07. The lowest BCUT2D eigenvalue weighted by atomic mass is 9.69. The van der Waals surface area contributed by atoms with Crippen LogP contribution in [0.2, 0.25) is 0 Å². The van der Waals surface area contributed by atoms with Crippen molar-refractivity contribution in [2.75, 3.05) is 11.9 Å². The van der Waals surface area contributed by atoms with Crippen LogP contribution in [0.3, 0.4) is 0 Å². The summed E-state index contributed by atoms with van der Waals surface area (Å²) in [6, 6.07) is 9.71. The molecule has 0 spiro atoms. The lowest BCUT2D eigenvalue weighted by molar-refractivity contribution is -0.128. The average molecular weight is 293 g/mol. The van der Waals surface area contributed by atoms with Gasteiger partial charge in [-0.25, -0.2) is 0 Å². The molecule has 1 amide bonds. The topological polar surface area (TPSA) is 44.1 Å². The fraction of sp³-hybridized carbons (Fsp3) is 0.385. The van der Waals surface area contributed by atoms with Crippen LogP contribution in [0.4, 0.5) is 5.69 Å². The molecule has 17 heavy (non-hydrogen) atoms. The van der Waals surface area contributed by atoms with Gasteiger partial charge in [-0.15, -0.1) is 0 Å². The molecule has 1 fully saturated rings. The highest BCUT2D eigenvalue weighted by Crippen LogP contribution is 2.42. The summed E-state index contributed by atoms with van der Waals surface area (Å²) in [5.74, 6) is -0.0932. The second-order valence-electron chi connectivity index (χ2n) is 4.39. The minimum Gasteiger partial charge on any atom is -0.314 e. The molecule has 0 atom stereocenters. The van der Waals surface area contributed by atoms with Crippen molar-refractivity contribution in [2.24, 2.45) is 5.41 Å². The standard InChI is InChI=1S/C13H13BrN2O/c1-16(11-5-2-4-10(14)8-11)12(17)13(9-15)6-3-7-13/h2,4-5,8H,3,6-7H2,1H3. The number of amides is 1. The first-order valence-corrected chi connectivity index (χ1v) is 6.33. The van der Waals surface area contributed by atoms with Gasteiger partial charge in [-0.2, -0.15) is 5.26 Å². The zero-order chi connectivity index (χ0) is 12.5. The minimum absolute atomic E-state index is 0.0932. The largest absolute Gasteiger partial charge is 0.314 e. The number of halogens is 1. The number of nitrogens with zero attached hydrogens (tertiary/aromatic N) is 2. The molecule has 88 valence electrons. The van der Waals surface area contributed by atoms with E-state index in [9.17, 15) is 4.79 Å². The average Bonchev–Trinajstić information content (AvgIpc) is 2.27. The second-order valence-corrected chi connectivity index (χ2v) is 5.31. The quantitative estimate of drug-likeness (QED) is 0.841. The Morgan fingerprint density at radius 2 is 2.24 bits per heavy atom. The Kier molecular flexibility index (Phi) is 3.21. The van der Waals surface area contributed by atoms with E-state index in [2.05, 4.69) is 22.0 Å². The van der Waals surface area contributed by atoms with Crippen molar-refractivity contribution >= 4 is 27.5 Å². The van der Waals surface area contributed by atoms with Crippen LogP contribution in [-0.4, -0.2) is 13.0 Å². The number of nitriles is 1. The molecule has 4 heteroatoms. The molecule has 0 bridgehead atoms. The van der Waals surface area contributed by atoms with Gasteiger partial charge in [-0.3, -0.25) is 4.79 Å². The maximum atomic E-state index is 12.3. The molecule has 0 heterocycles. The summed E-state index contributed by atoms with van der Waals surface area (Å²) in [4.78, 5) is 13.9. The summed E-state index contributed by atoms with van der Waals surface area (Å²) in [5, 5.41) is 9.15. The van der Waals surface area contributed by atoms with Crippen molar-refractivity contribution in [2.45, 2.75) is 19.3 Å². The van der Waals surface area contributed by atoms with Crippen molar-refractivity contribution in [1.29, 1.82) is 5.26 Å². The highest BCUT2D eigenvalue weighted by molar-refractivity contribution is 9.10. The van der Waals surface area contributed by atoms with Crippen LogP contribution in [0.5, 0.6) is 0 Å². The van der Waals surface area contributed by atoms with E-state index in [1.807, 2.05) is 24.3 Å². The summed E-state index contributed by atoms with van der Waals surface area (Å²) < 4.78 is 0.925. The normalized spacial score (nSPS) is 16.8. The SMILES string of the molecule is CN(C(=O)C1(C#N)CCC1)c1cccc(Br)c1. The van der Waals surface area contributed by atoms with Gasteiger partial charge in [-0.05, 0) is 37.5 Å². The number of rotatable bonds is 2. The molecule has 1 aromatic rings. The van der Waals surface area contributed by atoms with Crippen LogP contribution in [-0.2, 0) is 4.79 Å². The highest BCUT2D eigenvalue weighted by Gasteiger charge is 2.46. The molecule has 1 aromatic carbocycles. The Balaban J connectivity index is 2.24. The first kappa shape index (κ1) is 12.1. The van der Waals surface area contributed by atoms with Crippen LogP contribution in [0.25, 0.3) is 0 Å². The van der Waals surface area contributed by atoms with Gasteiger partial charge in [0.05, 0.1) is 6.07 Å². The zero-order valence-electron chi connectivity index (χ0n) is 9.61. The molecule has 0 aliphatic heterocycles. The fourth-order valence-corrected chi connectivity index (χ4v) is 2.41. The van der Waals surface area contributed by atoms with Crippen molar-refractivity contribution in [3.8, 4) is 6.07 Å². The van der Waals surface area contributed by atoms with E-state index in [0.29, 0.717) is 12.8 Å². The summed E-state index contributed by atoms with van der Waals surface area (Å²) in [7, 11) is 1.72. The molecule has 1 aliphatic rings. The van der Waals surface area contributed by atoms with E-state index >= 15 is 0 Å². The van der Waals surface area contributed by atoms with Gasteiger partial charge in [0.15, 0.2) is 0 Å². The van der Waals surface area contributed by atoms with E-state index in [4.69, 9.17) is 5.26 Å². The van der Waals surface area contributed by atoms with Crippen molar-refractivity contribution < 1.29 is 4.79 Å². The van der Waals surface area contributed by atoms with Crippen LogP contribution < -0.4 is 4.90 Å². The molecule has 0 unspecified atom stereocenters. The maximum absolute atomic E-state index is 12.3. The number of carbonyl (C=O) groups excluding carboxylic acids is 1. The van der Waals surface area contributed by atoms with E-state index in [1.165, 1.54) is 0 Å². The third-order valence-electron chi connectivity index (χ3n) is 3.33. The molecule has 0 saturated heterocycles. The molecular weight excluding hydrogens is 280 g/mol. The number of benzene rings is 1. The molecular formula is C13H13BrN2O. The number of hydrogen-bond acceptors (Lipinski definition) is 2. The van der Waals surface area contributed by atoms with E-state index in [1.54, 1.807) is 11.9 Å². The second kappa shape index (κ2) is 4.50. The van der Waals surface area contributed by atoms with Crippen molar-refractivity contribution in [3.05, 3.63) is 28.7 Å². The summed E-state index contributed by atoms with van der Waals surface area (Å²) in [6.45, 7) is 0. The van der Waals surface area contributed by atoms with Gasteiger partial charge in [-0.1, -0.05) is 22.0 Å². The molecule has 0 N–H and O–H groups in total. The number of hydrogen-bond donors (Lipinski definition) is 0. The summed E-state index contributed by atoms with van der Waals surface area (Å²) in [5.41, 5.74) is 0.0303. The Morgan fingerprint density at radius 3 is 2.71 bits per heavy atom. The molecule has 0 radical (unpaired) electrons. The predicted molar refractivity (Wildman–Crippen MR) is 69.4 cm³/mol. The van der Waals surface area contributed by atoms with Gasteiger partial charge in [0.2, 0.25) is 5.91 Å². The maximum Gasteiger partial charge on any atom is 0.247 e.